The Morgan fingerprint density at radius 1 is 1.00 bits per heavy atom. The normalized spacial score (nSPS) is 12.8. The minimum atomic E-state index is 0.276. The zero-order valence-corrected chi connectivity index (χ0v) is 13.8. The van der Waals surface area contributed by atoms with E-state index in [0.29, 0.717) is 0 Å². The van der Waals surface area contributed by atoms with Crippen LogP contribution in [0.5, 0.6) is 0 Å². The van der Waals surface area contributed by atoms with Gasteiger partial charge in [-0.1, -0.05) is 6.92 Å². The van der Waals surface area contributed by atoms with Crippen LogP contribution < -0.4 is 5.32 Å². The lowest BCUT2D eigenvalue weighted by molar-refractivity contribution is 0.473. The first-order chi connectivity index (χ1) is 10.1. The summed E-state index contributed by atoms with van der Waals surface area (Å²) in [6.45, 7) is 13.3. The summed E-state index contributed by atoms with van der Waals surface area (Å²) in [6, 6.07) is 4.65. The number of hydrogen-bond acceptors (Lipinski definition) is 3. The highest BCUT2D eigenvalue weighted by molar-refractivity contribution is 5.18. The van der Waals surface area contributed by atoms with E-state index in [2.05, 4.69) is 71.6 Å². The Morgan fingerprint density at radius 3 is 2.24 bits per heavy atom. The second kappa shape index (κ2) is 6.89. The van der Waals surface area contributed by atoms with Crippen molar-refractivity contribution in [2.24, 2.45) is 0 Å². The highest BCUT2D eigenvalue weighted by Crippen LogP contribution is 2.20. The van der Waals surface area contributed by atoms with Crippen LogP contribution in [0.1, 0.15) is 49.6 Å². The first kappa shape index (κ1) is 15.8. The van der Waals surface area contributed by atoms with E-state index in [9.17, 15) is 0 Å². The Balaban J connectivity index is 2.30. The van der Waals surface area contributed by atoms with Crippen molar-refractivity contribution in [3.63, 3.8) is 0 Å². The van der Waals surface area contributed by atoms with Crippen molar-refractivity contribution in [2.75, 3.05) is 6.54 Å². The van der Waals surface area contributed by atoms with Gasteiger partial charge >= 0.3 is 0 Å². The Kier molecular flexibility index (Phi) is 5.17. The standard InChI is InChI=1S/C16H27N5/c1-6-17-15(16-10-13(5)19-21(16)8-3)11-14-9-12(4)18-20(14)7-2/h9-10,15,17H,6-8,11H2,1-5H3. The fourth-order valence-corrected chi connectivity index (χ4v) is 2.87. The summed E-state index contributed by atoms with van der Waals surface area (Å²) in [5.74, 6) is 0. The largest absolute Gasteiger partial charge is 0.309 e. The molecule has 2 aromatic heterocycles. The van der Waals surface area contributed by atoms with E-state index in [1.807, 2.05) is 0 Å². The topological polar surface area (TPSA) is 47.7 Å². The fraction of sp³-hybridized carbons (Fsp3) is 0.625. The maximum Gasteiger partial charge on any atom is 0.0597 e. The second-order valence-corrected chi connectivity index (χ2v) is 5.43. The zero-order valence-electron chi connectivity index (χ0n) is 13.8. The molecule has 1 atom stereocenters. The van der Waals surface area contributed by atoms with Gasteiger partial charge in [0.15, 0.2) is 0 Å². The fourth-order valence-electron chi connectivity index (χ4n) is 2.87. The number of aromatic nitrogens is 4. The van der Waals surface area contributed by atoms with Crippen LogP contribution in [0, 0.1) is 13.8 Å². The van der Waals surface area contributed by atoms with Gasteiger partial charge in [-0.3, -0.25) is 9.36 Å². The smallest absolute Gasteiger partial charge is 0.0597 e. The van der Waals surface area contributed by atoms with E-state index in [4.69, 9.17) is 0 Å². The van der Waals surface area contributed by atoms with Gasteiger partial charge in [-0.2, -0.15) is 10.2 Å². The van der Waals surface area contributed by atoms with Crippen LogP contribution in [-0.4, -0.2) is 26.1 Å². The summed E-state index contributed by atoms with van der Waals surface area (Å²) in [5.41, 5.74) is 4.71. The maximum atomic E-state index is 4.58. The van der Waals surface area contributed by atoms with Crippen molar-refractivity contribution < 1.29 is 0 Å². The molecule has 5 heteroatoms. The number of likely N-dealkylation sites (N-methyl/N-ethyl adjacent to an activating group) is 1. The van der Waals surface area contributed by atoms with Crippen molar-refractivity contribution in [3.8, 4) is 0 Å². The van der Waals surface area contributed by atoms with Crippen LogP contribution in [-0.2, 0) is 19.5 Å². The molecule has 1 unspecified atom stereocenters. The highest BCUT2D eigenvalue weighted by atomic mass is 15.3. The van der Waals surface area contributed by atoms with Crippen molar-refractivity contribution >= 4 is 0 Å². The van der Waals surface area contributed by atoms with E-state index in [1.165, 1.54) is 11.4 Å². The summed E-state index contributed by atoms with van der Waals surface area (Å²) >= 11 is 0. The molecule has 0 aliphatic carbocycles. The van der Waals surface area contributed by atoms with Gasteiger partial charge in [-0.05, 0) is 46.4 Å². The number of aryl methyl sites for hydroxylation is 4. The number of rotatable bonds is 7. The molecule has 0 fully saturated rings. The summed E-state index contributed by atoms with van der Waals surface area (Å²) in [6.07, 6.45) is 0.938. The molecule has 0 aliphatic heterocycles. The molecule has 116 valence electrons. The molecule has 2 rings (SSSR count). The Hall–Kier alpha value is -1.62. The molecule has 0 radical (unpaired) electrons. The van der Waals surface area contributed by atoms with Crippen LogP contribution in [0.2, 0.25) is 0 Å². The average molecular weight is 289 g/mol. The van der Waals surface area contributed by atoms with Gasteiger partial charge in [0.1, 0.15) is 0 Å². The van der Waals surface area contributed by atoms with Gasteiger partial charge in [-0.25, -0.2) is 0 Å². The predicted octanol–water partition coefficient (Wildman–Crippen LogP) is 2.63. The van der Waals surface area contributed by atoms with E-state index in [0.717, 1.165) is 37.4 Å². The van der Waals surface area contributed by atoms with E-state index >= 15 is 0 Å². The monoisotopic (exact) mass is 289 g/mol. The van der Waals surface area contributed by atoms with Crippen LogP contribution in [0.3, 0.4) is 0 Å². The summed E-state index contributed by atoms with van der Waals surface area (Å²) < 4.78 is 4.20. The molecular formula is C16H27N5. The highest BCUT2D eigenvalue weighted by Gasteiger charge is 2.19. The van der Waals surface area contributed by atoms with Crippen molar-refractivity contribution in [2.45, 2.75) is 60.2 Å². The van der Waals surface area contributed by atoms with Gasteiger partial charge in [0.05, 0.1) is 23.1 Å². The molecule has 0 bridgehead atoms. The molecule has 21 heavy (non-hydrogen) atoms. The molecule has 0 saturated carbocycles. The molecular weight excluding hydrogens is 262 g/mol. The molecule has 0 aromatic carbocycles. The van der Waals surface area contributed by atoms with Crippen LogP contribution in [0.4, 0.5) is 0 Å². The molecule has 5 nitrogen and oxygen atoms in total. The Bertz CT molecular complexity index is 582. The van der Waals surface area contributed by atoms with Crippen LogP contribution in [0.15, 0.2) is 12.1 Å². The third-order valence-corrected chi connectivity index (χ3v) is 3.74. The first-order valence-electron chi connectivity index (χ1n) is 7.90. The van der Waals surface area contributed by atoms with Gasteiger partial charge < -0.3 is 5.32 Å². The van der Waals surface area contributed by atoms with Crippen molar-refractivity contribution in [1.29, 1.82) is 0 Å². The molecule has 1 N–H and O–H groups in total. The number of hydrogen-bond donors (Lipinski definition) is 1. The number of nitrogens with one attached hydrogen (secondary N) is 1. The van der Waals surface area contributed by atoms with Crippen molar-refractivity contribution in [1.82, 2.24) is 24.9 Å². The zero-order chi connectivity index (χ0) is 15.4. The summed E-state index contributed by atoms with van der Waals surface area (Å²) in [4.78, 5) is 0. The summed E-state index contributed by atoms with van der Waals surface area (Å²) in [7, 11) is 0. The van der Waals surface area contributed by atoms with Gasteiger partial charge in [-0.15, -0.1) is 0 Å². The lowest BCUT2D eigenvalue weighted by Gasteiger charge is -2.19. The van der Waals surface area contributed by atoms with E-state index < -0.39 is 0 Å². The Morgan fingerprint density at radius 2 is 1.62 bits per heavy atom. The predicted molar refractivity (Wildman–Crippen MR) is 85.4 cm³/mol. The SMILES string of the molecule is CCNC(Cc1cc(C)nn1CC)c1cc(C)nn1CC. The van der Waals surface area contributed by atoms with Crippen LogP contribution >= 0.6 is 0 Å². The third kappa shape index (κ3) is 3.53. The molecule has 0 saturated heterocycles. The molecule has 2 aromatic rings. The van der Waals surface area contributed by atoms with Gasteiger partial charge in [0, 0.05) is 25.2 Å². The maximum absolute atomic E-state index is 4.58. The van der Waals surface area contributed by atoms with E-state index in [1.54, 1.807) is 0 Å². The molecule has 2 heterocycles. The number of nitrogens with zero attached hydrogens (tertiary/aromatic N) is 4. The lowest BCUT2D eigenvalue weighted by Crippen LogP contribution is -2.26. The molecule has 0 spiro atoms. The van der Waals surface area contributed by atoms with Crippen LogP contribution in [0.25, 0.3) is 0 Å². The molecule has 0 amide bonds. The van der Waals surface area contributed by atoms with E-state index in [-0.39, 0.29) is 6.04 Å². The van der Waals surface area contributed by atoms with Gasteiger partial charge in [0.2, 0.25) is 0 Å². The molecule has 0 aliphatic rings. The van der Waals surface area contributed by atoms with Gasteiger partial charge in [0.25, 0.3) is 0 Å². The lowest BCUT2D eigenvalue weighted by atomic mass is 10.1. The second-order valence-electron chi connectivity index (χ2n) is 5.43. The minimum Gasteiger partial charge on any atom is -0.309 e. The first-order valence-corrected chi connectivity index (χ1v) is 7.90. The van der Waals surface area contributed by atoms with Crippen molar-refractivity contribution in [3.05, 3.63) is 34.9 Å². The average Bonchev–Trinajstić information content (AvgIpc) is 3.00. The Labute approximate surface area is 127 Å². The summed E-state index contributed by atoms with van der Waals surface area (Å²) in [5, 5.41) is 12.7. The minimum absolute atomic E-state index is 0.276. The quantitative estimate of drug-likeness (QED) is 0.852. The third-order valence-electron chi connectivity index (χ3n) is 3.74.